The van der Waals surface area contributed by atoms with E-state index in [9.17, 15) is 55.9 Å². The van der Waals surface area contributed by atoms with Crippen LogP contribution < -0.4 is 5.32 Å². The summed E-state index contributed by atoms with van der Waals surface area (Å²) in [6, 6.07) is -0.966. The van der Waals surface area contributed by atoms with Gasteiger partial charge in [-0.3, -0.25) is 4.79 Å². The molecule has 3 fully saturated rings. The topological polar surface area (TPSA) is 287 Å². The first kappa shape index (κ1) is 72.8. The minimum absolute atomic E-state index is 0.252. The molecule has 0 unspecified atom stereocenters. The Morgan fingerprint density at radius 1 is 0.463 bits per heavy atom. The van der Waals surface area contributed by atoms with Crippen molar-refractivity contribution in [2.45, 2.75) is 356 Å². The third-order valence-corrected chi connectivity index (χ3v) is 16.5. The second-order valence-corrected chi connectivity index (χ2v) is 23.6. The van der Waals surface area contributed by atoms with Crippen molar-refractivity contribution >= 4 is 5.91 Å². The van der Waals surface area contributed by atoms with Crippen LogP contribution in [0.4, 0.5) is 0 Å². The molecule has 0 radical (unpaired) electrons. The molecule has 3 rings (SSSR count). The number of aliphatic hydroxyl groups is 10. The molecule has 3 saturated heterocycles. The van der Waals surface area contributed by atoms with Gasteiger partial charge in [0.25, 0.3) is 0 Å². The van der Waals surface area contributed by atoms with Crippen molar-refractivity contribution < 1.29 is 84.3 Å². The van der Waals surface area contributed by atoms with E-state index in [0.29, 0.717) is 6.42 Å². The summed E-state index contributed by atoms with van der Waals surface area (Å²) >= 11 is 0. The molecule has 0 aromatic rings. The summed E-state index contributed by atoms with van der Waals surface area (Å²) in [5, 5.41) is 111. The normalized spacial score (nSPS) is 30.0. The molecule has 0 saturated carbocycles. The van der Waals surface area contributed by atoms with Crippen molar-refractivity contribution in [3.05, 3.63) is 12.2 Å². The zero-order chi connectivity index (χ0) is 58.3. The molecule has 3 heterocycles. The molecule has 0 aliphatic carbocycles. The van der Waals surface area contributed by atoms with E-state index in [1.165, 1.54) is 180 Å². The molecule has 0 bridgehead atoms. The van der Waals surface area contributed by atoms with Gasteiger partial charge in [0.15, 0.2) is 18.9 Å². The summed E-state index contributed by atoms with van der Waals surface area (Å²) in [5.74, 6) is -0.268. The minimum atomic E-state index is -1.86. The van der Waals surface area contributed by atoms with Crippen LogP contribution in [0.25, 0.3) is 0 Å². The lowest BCUT2D eigenvalue weighted by atomic mass is 9.96. The van der Waals surface area contributed by atoms with Gasteiger partial charge < -0.3 is 84.8 Å². The number of unbranched alkanes of at least 4 members (excludes halogenated alkanes) is 33. The summed E-state index contributed by atoms with van der Waals surface area (Å²) in [7, 11) is 0. The van der Waals surface area contributed by atoms with Gasteiger partial charge in [0.2, 0.25) is 5.91 Å². The summed E-state index contributed by atoms with van der Waals surface area (Å²) in [6.45, 7) is 3.98. The molecule has 18 nitrogen and oxygen atoms in total. The van der Waals surface area contributed by atoms with Crippen molar-refractivity contribution in [2.24, 2.45) is 0 Å². The summed E-state index contributed by atoms with van der Waals surface area (Å²) in [4.78, 5) is 13.4. The lowest BCUT2D eigenvalue weighted by molar-refractivity contribution is -0.387. The van der Waals surface area contributed by atoms with E-state index in [2.05, 4.69) is 19.2 Å². The van der Waals surface area contributed by atoms with Gasteiger partial charge in [0.1, 0.15) is 67.1 Å². The van der Waals surface area contributed by atoms with E-state index >= 15 is 0 Å². The van der Waals surface area contributed by atoms with E-state index in [-0.39, 0.29) is 18.9 Å². The first-order valence-corrected chi connectivity index (χ1v) is 32.3. The van der Waals surface area contributed by atoms with Crippen LogP contribution >= 0.6 is 0 Å². The molecular weight excluding hydrogens is 1030 g/mol. The smallest absolute Gasteiger partial charge is 0.220 e. The number of carbonyl (C=O) groups is 1. The molecule has 3 aliphatic heterocycles. The largest absolute Gasteiger partial charge is 0.394 e. The van der Waals surface area contributed by atoms with Crippen molar-refractivity contribution in [3.63, 3.8) is 0 Å². The molecule has 17 atom stereocenters. The predicted octanol–water partition coefficient (Wildman–Crippen LogP) is 7.96. The molecule has 472 valence electrons. The minimum Gasteiger partial charge on any atom is -0.394 e. The maximum absolute atomic E-state index is 13.4. The zero-order valence-electron chi connectivity index (χ0n) is 49.9. The Bertz CT molecular complexity index is 1520. The van der Waals surface area contributed by atoms with E-state index in [0.717, 1.165) is 44.9 Å². The molecule has 3 aliphatic rings. The van der Waals surface area contributed by atoms with Crippen LogP contribution in [0.15, 0.2) is 12.2 Å². The monoisotopic (exact) mass is 1150 g/mol. The van der Waals surface area contributed by atoms with Crippen LogP contribution in [0.5, 0.6) is 0 Å². The van der Waals surface area contributed by atoms with Crippen molar-refractivity contribution in [1.82, 2.24) is 5.32 Å². The number of nitrogens with one attached hydrogen (secondary N) is 1. The molecule has 0 aromatic carbocycles. The summed E-state index contributed by atoms with van der Waals surface area (Å²) in [5.41, 5.74) is 0. The lowest BCUT2D eigenvalue weighted by Gasteiger charge is -2.48. The number of allylic oxidation sites excluding steroid dienone is 1. The highest BCUT2D eigenvalue weighted by Gasteiger charge is 2.54. The second kappa shape index (κ2) is 45.0. The molecule has 11 N–H and O–H groups in total. The van der Waals surface area contributed by atoms with E-state index in [4.69, 9.17) is 28.4 Å². The van der Waals surface area contributed by atoms with Crippen LogP contribution in [0, 0.1) is 0 Å². The SMILES string of the molecule is CCCCCCCCCCCCC/C=C/[C@@H](O)[C@H](CO[C@@H]1O[C@H](CO)[C@@H](O[C@@H]2O[C@H](CO)[C@H](O)[C@H](O)[C@H]2O[C@@H]2O[C@@H](C)[C@@H](O)[C@@H](O)[C@@H]2O)[C@H](O)[C@H]1O)NC(=O)CCCCCCCCCCCCCCCCCCCCCCCCC. The summed E-state index contributed by atoms with van der Waals surface area (Å²) in [6.07, 6.45) is 21.7. The molecule has 0 aromatic heterocycles. The lowest BCUT2D eigenvalue weighted by Crippen LogP contribution is -2.66. The first-order chi connectivity index (χ1) is 38.8. The number of amides is 1. The third-order valence-electron chi connectivity index (χ3n) is 16.5. The number of aliphatic hydroxyl groups excluding tert-OH is 10. The molecule has 0 spiro atoms. The van der Waals surface area contributed by atoms with Gasteiger partial charge in [-0.05, 0) is 26.2 Å². The Kier molecular flexibility index (Phi) is 40.9. The van der Waals surface area contributed by atoms with Gasteiger partial charge in [-0.25, -0.2) is 0 Å². The highest BCUT2D eigenvalue weighted by Crippen LogP contribution is 2.33. The Balaban J connectivity index is 1.47. The van der Waals surface area contributed by atoms with Crippen LogP contribution in [0.3, 0.4) is 0 Å². The van der Waals surface area contributed by atoms with Crippen LogP contribution in [0.1, 0.15) is 252 Å². The molecule has 80 heavy (non-hydrogen) atoms. The van der Waals surface area contributed by atoms with Gasteiger partial charge in [-0.15, -0.1) is 0 Å². The van der Waals surface area contributed by atoms with Crippen LogP contribution in [-0.2, 0) is 33.2 Å². The Hall–Kier alpha value is -1.43. The second-order valence-electron chi connectivity index (χ2n) is 23.6. The number of ether oxygens (including phenoxy) is 6. The fourth-order valence-electron chi connectivity index (χ4n) is 11.2. The number of carbonyl (C=O) groups excluding carboxylic acids is 1. The highest BCUT2D eigenvalue weighted by molar-refractivity contribution is 5.76. The average Bonchev–Trinajstić information content (AvgIpc) is 3.47. The van der Waals surface area contributed by atoms with E-state index in [1.807, 2.05) is 6.08 Å². The Morgan fingerprint density at radius 2 is 0.863 bits per heavy atom. The van der Waals surface area contributed by atoms with Gasteiger partial charge in [0, 0.05) is 6.42 Å². The zero-order valence-corrected chi connectivity index (χ0v) is 49.9. The predicted molar refractivity (Wildman–Crippen MR) is 308 cm³/mol. The fourth-order valence-corrected chi connectivity index (χ4v) is 11.2. The maximum Gasteiger partial charge on any atom is 0.220 e. The molecular formula is C62H117NO17. The molecule has 18 heteroatoms. The van der Waals surface area contributed by atoms with Gasteiger partial charge in [-0.1, -0.05) is 231 Å². The van der Waals surface area contributed by atoms with Crippen LogP contribution in [0.2, 0.25) is 0 Å². The van der Waals surface area contributed by atoms with Crippen LogP contribution in [-0.4, -0.2) is 181 Å². The average molecular weight is 1150 g/mol. The van der Waals surface area contributed by atoms with Gasteiger partial charge in [0.05, 0.1) is 38.1 Å². The van der Waals surface area contributed by atoms with E-state index < -0.39 is 117 Å². The number of hydrogen-bond acceptors (Lipinski definition) is 17. The fraction of sp³-hybridized carbons (Fsp3) is 0.952. The third kappa shape index (κ3) is 28.6. The number of rotatable bonds is 48. The first-order valence-electron chi connectivity index (χ1n) is 32.3. The highest BCUT2D eigenvalue weighted by atomic mass is 16.8. The van der Waals surface area contributed by atoms with Crippen molar-refractivity contribution in [1.29, 1.82) is 0 Å². The number of hydrogen-bond donors (Lipinski definition) is 11. The maximum atomic E-state index is 13.4. The van der Waals surface area contributed by atoms with Crippen molar-refractivity contribution in [3.8, 4) is 0 Å². The molecule has 1 amide bonds. The standard InChI is InChI=1S/C62H117NO17/c1-4-6-8-10-12-14-16-18-19-20-21-22-23-24-25-26-27-29-31-33-35-37-39-41-50(67)63-46(47(66)40-38-36-34-32-30-28-17-15-13-11-9-7-5-2)44-75-60-57(74)55(72)58(49(43-65)78-60)79-62-59(54(71)52(69)48(42-64)77-62)80-61-56(73)53(70)51(68)45(3)76-61/h38,40,45-49,51-62,64-66,68-74H,4-37,39,41-44H2,1-3H3,(H,63,67)/b40-38+/t45-,46-,47+,48+,49+,51+,52-,53+,54-,55+,56-,57+,58+,59+,60+,61-,62-/m0/s1. The van der Waals surface area contributed by atoms with Crippen molar-refractivity contribution in [2.75, 3.05) is 19.8 Å². The van der Waals surface area contributed by atoms with Gasteiger partial charge in [-0.2, -0.15) is 0 Å². The summed E-state index contributed by atoms with van der Waals surface area (Å²) < 4.78 is 34.9. The van der Waals surface area contributed by atoms with Gasteiger partial charge >= 0.3 is 0 Å². The quantitative estimate of drug-likeness (QED) is 0.0203. The van der Waals surface area contributed by atoms with E-state index in [1.54, 1.807) is 6.08 Å². The Labute approximate surface area is 482 Å². The Morgan fingerprint density at radius 3 is 1.32 bits per heavy atom.